The minimum atomic E-state index is -2.06. The zero-order valence-corrected chi connectivity index (χ0v) is 28.6. The minimum absolute atomic E-state index is 0.0795. The van der Waals surface area contributed by atoms with Crippen molar-refractivity contribution in [3.8, 4) is 17.1 Å². The van der Waals surface area contributed by atoms with Crippen molar-refractivity contribution in [1.82, 2.24) is 34.5 Å². The molecule has 3 atom stereocenters. The molecule has 12 heteroatoms. The highest BCUT2D eigenvalue weighted by Gasteiger charge is 2.47. The summed E-state index contributed by atoms with van der Waals surface area (Å²) in [6.07, 6.45) is 5.28. The first-order valence-electron chi connectivity index (χ1n) is 14.7. The molecule has 226 valence electrons. The van der Waals surface area contributed by atoms with Crippen molar-refractivity contribution < 1.29 is 13.6 Å². The number of nitrogens with zero attached hydrogens (tertiary/aromatic N) is 7. The molecule has 4 aromatic rings. The molecular formula is C30H45N7O3Si2. The van der Waals surface area contributed by atoms with Crippen LogP contribution in [-0.4, -0.2) is 70.0 Å². The van der Waals surface area contributed by atoms with Crippen LogP contribution in [0.4, 0.5) is 0 Å². The second-order valence-electron chi connectivity index (χ2n) is 14.3. The van der Waals surface area contributed by atoms with E-state index in [1.165, 1.54) is 6.33 Å². The van der Waals surface area contributed by atoms with Gasteiger partial charge in [0.05, 0.1) is 25.2 Å². The predicted octanol–water partition coefficient (Wildman–Crippen LogP) is 6.77. The highest BCUT2D eigenvalue weighted by molar-refractivity contribution is 6.74. The second kappa shape index (κ2) is 11.1. The maximum atomic E-state index is 6.97. The van der Waals surface area contributed by atoms with E-state index < -0.39 is 16.6 Å². The Morgan fingerprint density at radius 3 is 2.29 bits per heavy atom. The number of aromatic nitrogens is 7. The van der Waals surface area contributed by atoms with E-state index in [1.54, 1.807) is 11.0 Å². The van der Waals surface area contributed by atoms with E-state index in [9.17, 15) is 0 Å². The zero-order valence-electron chi connectivity index (χ0n) is 26.6. The number of rotatable bonds is 8. The molecule has 1 saturated heterocycles. The largest absolute Gasteiger partial charge is 0.414 e. The lowest BCUT2D eigenvalue weighted by atomic mass is 10.2. The fourth-order valence-electron chi connectivity index (χ4n) is 4.53. The SMILES string of the molecule is CC(C)(C)[Si](C)(C)OCC1OC(n2cnc3c(-n4cc(-c5ccccc5)nn4)ncnc32)CC1O[Si](C)(C)C(C)(C)C. The molecule has 3 unspecified atom stereocenters. The van der Waals surface area contributed by atoms with E-state index in [0.717, 1.165) is 11.3 Å². The maximum absolute atomic E-state index is 6.97. The van der Waals surface area contributed by atoms with Crippen LogP contribution >= 0.6 is 0 Å². The van der Waals surface area contributed by atoms with Gasteiger partial charge >= 0.3 is 0 Å². The topological polar surface area (TPSA) is 102 Å². The normalized spacial score (nSPS) is 20.5. The van der Waals surface area contributed by atoms with Crippen LogP contribution in [0, 0.1) is 0 Å². The third-order valence-corrected chi connectivity index (χ3v) is 18.3. The van der Waals surface area contributed by atoms with Crippen LogP contribution in [0.15, 0.2) is 49.2 Å². The molecule has 1 aliphatic heterocycles. The van der Waals surface area contributed by atoms with E-state index in [2.05, 4.69) is 88.0 Å². The van der Waals surface area contributed by atoms with Crippen LogP contribution in [0.2, 0.25) is 36.3 Å². The molecule has 0 N–H and O–H groups in total. The van der Waals surface area contributed by atoms with Gasteiger partial charge in [0.1, 0.15) is 24.4 Å². The van der Waals surface area contributed by atoms with Gasteiger partial charge in [-0.1, -0.05) is 77.1 Å². The first-order chi connectivity index (χ1) is 19.6. The molecule has 0 spiro atoms. The first kappa shape index (κ1) is 30.7. The fourth-order valence-corrected chi connectivity index (χ4v) is 6.91. The average Bonchev–Trinajstić information content (AvgIpc) is 3.65. The summed E-state index contributed by atoms with van der Waals surface area (Å²) in [5, 5.41) is 8.88. The van der Waals surface area contributed by atoms with Crippen molar-refractivity contribution in [2.75, 3.05) is 6.61 Å². The van der Waals surface area contributed by atoms with Crippen LogP contribution in [0.25, 0.3) is 28.2 Å². The van der Waals surface area contributed by atoms with Gasteiger partial charge in [0.2, 0.25) is 0 Å². The maximum Gasteiger partial charge on any atom is 0.192 e. The lowest BCUT2D eigenvalue weighted by molar-refractivity contribution is -0.0383. The van der Waals surface area contributed by atoms with E-state index in [-0.39, 0.29) is 28.5 Å². The summed E-state index contributed by atoms with van der Waals surface area (Å²) in [5.41, 5.74) is 3.06. The molecule has 42 heavy (non-hydrogen) atoms. The summed E-state index contributed by atoms with van der Waals surface area (Å²) in [4.78, 5) is 13.8. The van der Waals surface area contributed by atoms with Gasteiger partial charge in [-0.2, -0.15) is 4.68 Å². The number of imidazole rings is 1. The van der Waals surface area contributed by atoms with Gasteiger partial charge in [-0.05, 0) is 36.3 Å². The number of ether oxygens (including phenoxy) is 1. The molecule has 0 radical (unpaired) electrons. The molecule has 4 heterocycles. The fraction of sp³-hybridized carbons (Fsp3) is 0.567. The molecule has 0 bridgehead atoms. The van der Waals surface area contributed by atoms with Crippen LogP contribution in [-0.2, 0) is 13.6 Å². The van der Waals surface area contributed by atoms with Crippen molar-refractivity contribution in [3.63, 3.8) is 0 Å². The van der Waals surface area contributed by atoms with Crippen molar-refractivity contribution >= 4 is 27.8 Å². The molecular weight excluding hydrogens is 563 g/mol. The summed E-state index contributed by atoms with van der Waals surface area (Å²) in [7, 11) is -4.04. The van der Waals surface area contributed by atoms with E-state index >= 15 is 0 Å². The van der Waals surface area contributed by atoms with E-state index in [1.807, 2.05) is 41.1 Å². The number of benzene rings is 1. The Morgan fingerprint density at radius 1 is 0.929 bits per heavy atom. The standard InChI is InChI=1S/C30H45N7O3Si2/c1-29(2,3)41(7,8)38-18-24-23(40-42(9,10)30(4,5)6)16-25(39-24)36-20-33-26-27(36)31-19-32-28(26)37-17-22(34-35-37)21-14-12-11-13-15-21/h11-15,17,19-20,23-25H,16,18H2,1-10H3. The Hall–Kier alpha value is -2.78. The van der Waals surface area contributed by atoms with Crippen LogP contribution < -0.4 is 0 Å². The van der Waals surface area contributed by atoms with Crippen LogP contribution in [0.3, 0.4) is 0 Å². The zero-order chi connectivity index (χ0) is 30.5. The minimum Gasteiger partial charge on any atom is -0.414 e. The third-order valence-electron chi connectivity index (χ3n) is 9.28. The summed E-state index contributed by atoms with van der Waals surface area (Å²) < 4.78 is 24.0. The molecule has 1 fully saturated rings. The lowest BCUT2D eigenvalue weighted by Gasteiger charge is -2.40. The van der Waals surface area contributed by atoms with Gasteiger partial charge in [0, 0.05) is 12.0 Å². The van der Waals surface area contributed by atoms with Crippen LogP contribution in [0.5, 0.6) is 0 Å². The summed E-state index contributed by atoms with van der Waals surface area (Å²) in [6, 6.07) is 9.94. The molecule has 5 rings (SSSR count). The van der Waals surface area contributed by atoms with Crippen LogP contribution in [0.1, 0.15) is 54.2 Å². The van der Waals surface area contributed by atoms with Gasteiger partial charge in [0.15, 0.2) is 33.6 Å². The quantitative estimate of drug-likeness (QED) is 0.202. The Bertz CT molecular complexity index is 1520. The van der Waals surface area contributed by atoms with E-state index in [4.69, 9.17) is 18.6 Å². The Kier molecular flexibility index (Phi) is 8.07. The third kappa shape index (κ3) is 6.00. The lowest BCUT2D eigenvalue weighted by Crippen LogP contribution is -2.48. The molecule has 10 nitrogen and oxygen atoms in total. The highest BCUT2D eigenvalue weighted by atomic mass is 28.4. The number of fused-ring (bicyclic) bond motifs is 1. The number of hydrogen-bond donors (Lipinski definition) is 0. The molecule has 0 saturated carbocycles. The van der Waals surface area contributed by atoms with Crippen molar-refractivity contribution in [2.24, 2.45) is 0 Å². The second-order valence-corrected chi connectivity index (χ2v) is 23.9. The molecule has 0 aliphatic carbocycles. The van der Waals surface area contributed by atoms with Crippen molar-refractivity contribution in [3.05, 3.63) is 49.2 Å². The molecule has 1 aromatic carbocycles. The summed E-state index contributed by atoms with van der Waals surface area (Å²) in [6.45, 7) is 23.2. The van der Waals surface area contributed by atoms with Crippen molar-refractivity contribution in [1.29, 1.82) is 0 Å². The van der Waals surface area contributed by atoms with Gasteiger partial charge in [0.25, 0.3) is 0 Å². The highest BCUT2D eigenvalue weighted by Crippen LogP contribution is 2.43. The predicted molar refractivity (Wildman–Crippen MR) is 169 cm³/mol. The molecule has 0 amide bonds. The first-order valence-corrected chi connectivity index (χ1v) is 20.5. The van der Waals surface area contributed by atoms with Gasteiger partial charge in [-0.15, -0.1) is 5.10 Å². The Morgan fingerprint density at radius 2 is 1.62 bits per heavy atom. The number of hydrogen-bond acceptors (Lipinski definition) is 8. The summed E-state index contributed by atoms with van der Waals surface area (Å²) in [5.74, 6) is 0.568. The molecule has 3 aromatic heterocycles. The van der Waals surface area contributed by atoms with E-state index in [0.29, 0.717) is 30.0 Å². The Balaban J connectivity index is 1.43. The molecule has 1 aliphatic rings. The monoisotopic (exact) mass is 607 g/mol. The van der Waals surface area contributed by atoms with Gasteiger partial charge in [-0.3, -0.25) is 4.57 Å². The summed E-state index contributed by atoms with van der Waals surface area (Å²) >= 11 is 0. The Labute approximate surface area is 251 Å². The van der Waals surface area contributed by atoms with Crippen molar-refractivity contribution in [2.45, 2.75) is 103 Å². The average molecular weight is 608 g/mol. The smallest absolute Gasteiger partial charge is 0.192 e. The van der Waals surface area contributed by atoms with Gasteiger partial charge < -0.3 is 13.6 Å². The van der Waals surface area contributed by atoms with Gasteiger partial charge in [-0.25, -0.2) is 15.0 Å².